The van der Waals surface area contributed by atoms with Gasteiger partial charge in [-0.05, 0) is 25.1 Å². The van der Waals surface area contributed by atoms with Crippen LogP contribution < -0.4 is 0 Å². The molecule has 1 unspecified atom stereocenters. The van der Waals surface area contributed by atoms with Crippen molar-refractivity contribution in [3.8, 4) is 0 Å². The van der Waals surface area contributed by atoms with Crippen LogP contribution in [0.15, 0.2) is 6.20 Å². The van der Waals surface area contributed by atoms with Gasteiger partial charge < -0.3 is 19.4 Å². The molecule has 0 amide bonds. The first-order valence-electron chi connectivity index (χ1n) is 5.27. The van der Waals surface area contributed by atoms with Crippen LogP contribution >= 0.6 is 12.2 Å². The van der Waals surface area contributed by atoms with E-state index in [4.69, 9.17) is 22.1 Å². The molecular weight excluding hydrogens is 212 g/mol. The molecule has 0 aliphatic carbocycles. The maximum Gasteiger partial charge on any atom is 0.177 e. The standard InChI is InChI=1S/C10H16N2O2S/c13-6-9-4-11-10(15)12(9)5-8-2-1-3-14-7-8/h4,8,13H,1-3,5-7H2,(H,11,15). The van der Waals surface area contributed by atoms with E-state index in [1.54, 1.807) is 6.20 Å². The van der Waals surface area contributed by atoms with Crippen LogP contribution in [0.5, 0.6) is 0 Å². The van der Waals surface area contributed by atoms with Gasteiger partial charge in [0.2, 0.25) is 0 Å². The van der Waals surface area contributed by atoms with Crippen LogP contribution in [0.1, 0.15) is 18.5 Å². The number of nitrogens with zero attached hydrogens (tertiary/aromatic N) is 1. The number of aliphatic hydroxyl groups is 1. The van der Waals surface area contributed by atoms with Crippen molar-refractivity contribution in [2.24, 2.45) is 5.92 Å². The van der Waals surface area contributed by atoms with Crippen LogP contribution in [-0.2, 0) is 17.9 Å². The van der Waals surface area contributed by atoms with Gasteiger partial charge in [0.25, 0.3) is 0 Å². The van der Waals surface area contributed by atoms with Gasteiger partial charge in [-0.2, -0.15) is 0 Å². The Bertz CT molecular complexity index is 366. The van der Waals surface area contributed by atoms with E-state index in [1.165, 1.54) is 6.42 Å². The molecule has 1 aliphatic rings. The van der Waals surface area contributed by atoms with Gasteiger partial charge in [-0.3, -0.25) is 0 Å². The number of ether oxygens (including phenoxy) is 1. The van der Waals surface area contributed by atoms with Crippen molar-refractivity contribution < 1.29 is 9.84 Å². The second-order valence-corrected chi connectivity index (χ2v) is 4.32. The minimum absolute atomic E-state index is 0.0285. The highest BCUT2D eigenvalue weighted by Gasteiger charge is 2.16. The van der Waals surface area contributed by atoms with Gasteiger partial charge in [0.1, 0.15) is 0 Å². The quantitative estimate of drug-likeness (QED) is 0.770. The van der Waals surface area contributed by atoms with Crippen molar-refractivity contribution in [3.05, 3.63) is 16.7 Å². The molecule has 2 heterocycles. The van der Waals surface area contributed by atoms with Crippen LogP contribution in [0.25, 0.3) is 0 Å². The number of H-pyrrole nitrogens is 1. The maximum absolute atomic E-state index is 9.14. The second kappa shape index (κ2) is 4.92. The predicted octanol–water partition coefficient (Wildman–Crippen LogP) is 1.46. The summed E-state index contributed by atoms with van der Waals surface area (Å²) in [5.41, 5.74) is 0.852. The van der Waals surface area contributed by atoms with Crippen molar-refractivity contribution in [1.82, 2.24) is 9.55 Å². The zero-order valence-corrected chi connectivity index (χ0v) is 9.42. The SMILES string of the molecule is OCc1c[nH]c(=S)n1CC1CCCOC1. The highest BCUT2D eigenvalue weighted by atomic mass is 32.1. The zero-order valence-electron chi connectivity index (χ0n) is 8.61. The van der Waals surface area contributed by atoms with Crippen LogP contribution in [0, 0.1) is 10.7 Å². The number of aromatic amines is 1. The van der Waals surface area contributed by atoms with Gasteiger partial charge >= 0.3 is 0 Å². The second-order valence-electron chi connectivity index (χ2n) is 3.94. The molecule has 1 atom stereocenters. The average Bonchev–Trinajstić information content (AvgIpc) is 2.62. The molecule has 1 fully saturated rings. The first-order valence-corrected chi connectivity index (χ1v) is 5.68. The van der Waals surface area contributed by atoms with Crippen molar-refractivity contribution in [1.29, 1.82) is 0 Å². The molecule has 1 aliphatic heterocycles. The maximum atomic E-state index is 9.14. The van der Waals surface area contributed by atoms with Gasteiger partial charge in [-0.25, -0.2) is 0 Å². The third kappa shape index (κ3) is 2.48. The minimum Gasteiger partial charge on any atom is -0.390 e. The van der Waals surface area contributed by atoms with E-state index in [9.17, 15) is 0 Å². The Kier molecular flexibility index (Phi) is 3.56. The Balaban J connectivity index is 2.08. The lowest BCUT2D eigenvalue weighted by Crippen LogP contribution is -2.22. The molecule has 0 aromatic carbocycles. The Morgan fingerprint density at radius 2 is 2.53 bits per heavy atom. The third-order valence-electron chi connectivity index (χ3n) is 2.81. The lowest BCUT2D eigenvalue weighted by molar-refractivity contribution is 0.0475. The Morgan fingerprint density at radius 1 is 1.67 bits per heavy atom. The summed E-state index contributed by atoms with van der Waals surface area (Å²) in [6, 6.07) is 0. The van der Waals surface area contributed by atoms with E-state index >= 15 is 0 Å². The van der Waals surface area contributed by atoms with E-state index in [1.807, 2.05) is 4.57 Å². The molecule has 0 saturated carbocycles. The number of nitrogens with one attached hydrogen (secondary N) is 1. The summed E-state index contributed by atoms with van der Waals surface area (Å²) >= 11 is 5.16. The molecule has 2 rings (SSSR count). The number of rotatable bonds is 3. The fraction of sp³-hybridized carbons (Fsp3) is 0.700. The van der Waals surface area contributed by atoms with Gasteiger partial charge in [-0.15, -0.1) is 0 Å². The topological polar surface area (TPSA) is 50.2 Å². The fourth-order valence-electron chi connectivity index (χ4n) is 1.97. The van der Waals surface area contributed by atoms with E-state index in [0.29, 0.717) is 10.7 Å². The number of imidazole rings is 1. The molecule has 0 bridgehead atoms. The smallest absolute Gasteiger partial charge is 0.177 e. The third-order valence-corrected chi connectivity index (χ3v) is 3.15. The largest absolute Gasteiger partial charge is 0.390 e. The molecule has 2 N–H and O–H groups in total. The molecule has 15 heavy (non-hydrogen) atoms. The predicted molar refractivity (Wildman–Crippen MR) is 59.1 cm³/mol. The molecule has 84 valence electrons. The average molecular weight is 228 g/mol. The summed E-state index contributed by atoms with van der Waals surface area (Å²) in [5.74, 6) is 0.520. The number of hydrogen-bond acceptors (Lipinski definition) is 3. The minimum atomic E-state index is 0.0285. The van der Waals surface area contributed by atoms with Crippen LogP contribution in [0.4, 0.5) is 0 Å². The Labute approximate surface area is 93.9 Å². The number of hydrogen-bond donors (Lipinski definition) is 2. The molecule has 1 saturated heterocycles. The van der Waals surface area contributed by atoms with Crippen molar-refractivity contribution in [3.63, 3.8) is 0 Å². The molecule has 1 aromatic rings. The zero-order chi connectivity index (χ0) is 10.7. The normalized spacial score (nSPS) is 21.8. The van der Waals surface area contributed by atoms with Gasteiger partial charge in [-0.1, -0.05) is 0 Å². The molecular formula is C10H16N2O2S. The molecule has 4 nitrogen and oxygen atoms in total. The summed E-state index contributed by atoms with van der Waals surface area (Å²) in [6.07, 6.45) is 4.07. The van der Waals surface area contributed by atoms with Crippen molar-refractivity contribution in [2.75, 3.05) is 13.2 Å². The number of aromatic nitrogens is 2. The Morgan fingerprint density at radius 3 is 3.20 bits per heavy atom. The van der Waals surface area contributed by atoms with Crippen LogP contribution in [0.2, 0.25) is 0 Å². The Hall–Kier alpha value is -0.650. The van der Waals surface area contributed by atoms with E-state index in [2.05, 4.69) is 4.98 Å². The fourth-order valence-corrected chi connectivity index (χ4v) is 2.22. The lowest BCUT2D eigenvalue weighted by Gasteiger charge is -2.22. The summed E-state index contributed by atoms with van der Waals surface area (Å²) in [5, 5.41) is 9.14. The summed E-state index contributed by atoms with van der Waals surface area (Å²) in [7, 11) is 0. The van der Waals surface area contributed by atoms with Crippen molar-refractivity contribution in [2.45, 2.75) is 26.0 Å². The van der Waals surface area contributed by atoms with E-state index in [0.717, 1.165) is 31.9 Å². The van der Waals surface area contributed by atoms with Gasteiger partial charge in [0.05, 0.1) is 18.9 Å². The van der Waals surface area contributed by atoms with E-state index in [-0.39, 0.29) is 6.61 Å². The molecule has 0 radical (unpaired) electrons. The summed E-state index contributed by atoms with van der Waals surface area (Å²) < 4.78 is 8.08. The lowest BCUT2D eigenvalue weighted by atomic mass is 10.0. The summed E-state index contributed by atoms with van der Waals surface area (Å²) in [4.78, 5) is 2.95. The van der Waals surface area contributed by atoms with Crippen LogP contribution in [0.3, 0.4) is 0 Å². The van der Waals surface area contributed by atoms with Gasteiger partial charge in [0.15, 0.2) is 4.77 Å². The highest BCUT2D eigenvalue weighted by molar-refractivity contribution is 7.71. The molecule has 5 heteroatoms. The molecule has 0 spiro atoms. The highest BCUT2D eigenvalue weighted by Crippen LogP contribution is 2.17. The molecule has 1 aromatic heterocycles. The van der Waals surface area contributed by atoms with E-state index < -0.39 is 0 Å². The van der Waals surface area contributed by atoms with Crippen molar-refractivity contribution >= 4 is 12.2 Å². The van der Waals surface area contributed by atoms with Crippen LogP contribution in [-0.4, -0.2) is 27.9 Å². The first kappa shape index (κ1) is 10.9. The number of aliphatic hydroxyl groups excluding tert-OH is 1. The monoisotopic (exact) mass is 228 g/mol. The first-order chi connectivity index (χ1) is 7.31. The van der Waals surface area contributed by atoms with Gasteiger partial charge in [0, 0.05) is 25.3 Å². The summed E-state index contributed by atoms with van der Waals surface area (Å²) in [6.45, 7) is 2.55.